The molecular weight excluding hydrogens is 158 g/mol. The van der Waals surface area contributed by atoms with Crippen molar-refractivity contribution in [2.24, 2.45) is 0 Å². The molecule has 4 heteroatoms. The second kappa shape index (κ2) is 5.97. The smallest absolute Gasteiger partial charge is 0.334 e. The van der Waals surface area contributed by atoms with E-state index in [0.717, 1.165) is 6.54 Å². The first kappa shape index (κ1) is 11.4. The van der Waals surface area contributed by atoms with Gasteiger partial charge in [0.1, 0.15) is 0 Å². The van der Waals surface area contributed by atoms with Crippen molar-refractivity contribution in [3.05, 3.63) is 0 Å². The number of nitrogens with zero attached hydrogens (tertiary/aromatic N) is 1. The molecule has 1 unspecified atom stereocenters. The van der Waals surface area contributed by atoms with E-state index < -0.39 is 6.10 Å². The van der Waals surface area contributed by atoms with Gasteiger partial charge < -0.3 is 14.4 Å². The summed E-state index contributed by atoms with van der Waals surface area (Å²) in [6.07, 6.45) is -0.463. The minimum atomic E-state index is -0.463. The highest BCUT2D eigenvalue weighted by atomic mass is 16.6. The predicted octanol–water partition coefficient (Wildman–Crippen LogP) is 0.126. The normalized spacial score (nSPS) is 13.1. The molecule has 1 atom stereocenters. The van der Waals surface area contributed by atoms with E-state index in [1.54, 1.807) is 6.92 Å². The Bertz CT molecular complexity index is 136. The maximum absolute atomic E-state index is 10.8. The molecule has 0 amide bonds. The molecule has 0 bridgehead atoms. The van der Waals surface area contributed by atoms with Crippen LogP contribution < -0.4 is 0 Å². The molecule has 0 spiro atoms. The van der Waals surface area contributed by atoms with Crippen LogP contribution in [0.4, 0.5) is 0 Å². The Balaban J connectivity index is 3.43. The van der Waals surface area contributed by atoms with E-state index in [1.165, 1.54) is 7.11 Å². The van der Waals surface area contributed by atoms with E-state index >= 15 is 0 Å². The average Bonchev–Trinajstić information content (AvgIpc) is 2.02. The SMILES string of the molecule is COC(=O)C(C)OCCN(C)C. The number of rotatable bonds is 5. The minimum absolute atomic E-state index is 0.325. The molecule has 0 saturated heterocycles. The number of esters is 1. The van der Waals surface area contributed by atoms with Crippen LogP contribution in [0, 0.1) is 0 Å². The fourth-order valence-electron chi connectivity index (χ4n) is 0.646. The zero-order valence-electron chi connectivity index (χ0n) is 8.16. The molecule has 0 saturated carbocycles. The molecule has 12 heavy (non-hydrogen) atoms. The van der Waals surface area contributed by atoms with Crippen LogP contribution in [0.5, 0.6) is 0 Å². The third-order valence-electron chi connectivity index (χ3n) is 1.44. The molecule has 0 heterocycles. The molecule has 0 aromatic rings. The summed E-state index contributed by atoms with van der Waals surface area (Å²) >= 11 is 0. The second-order valence-corrected chi connectivity index (χ2v) is 2.84. The lowest BCUT2D eigenvalue weighted by Gasteiger charge is -2.13. The Morgan fingerprint density at radius 2 is 2.08 bits per heavy atom. The van der Waals surface area contributed by atoms with Gasteiger partial charge in [-0.3, -0.25) is 0 Å². The average molecular weight is 175 g/mol. The van der Waals surface area contributed by atoms with Crippen LogP contribution in [0.1, 0.15) is 6.92 Å². The fraction of sp³-hybridized carbons (Fsp3) is 0.875. The van der Waals surface area contributed by atoms with Gasteiger partial charge in [-0.2, -0.15) is 0 Å². The monoisotopic (exact) mass is 175 g/mol. The molecular formula is C8H17NO3. The lowest BCUT2D eigenvalue weighted by atomic mass is 10.4. The minimum Gasteiger partial charge on any atom is -0.467 e. The molecule has 0 aliphatic heterocycles. The zero-order chi connectivity index (χ0) is 9.56. The van der Waals surface area contributed by atoms with E-state index in [9.17, 15) is 4.79 Å². The first-order valence-electron chi connectivity index (χ1n) is 3.92. The largest absolute Gasteiger partial charge is 0.467 e. The number of methoxy groups -OCH3 is 1. The summed E-state index contributed by atoms with van der Waals surface area (Å²) in [5.41, 5.74) is 0. The van der Waals surface area contributed by atoms with Crippen molar-refractivity contribution in [1.29, 1.82) is 0 Å². The number of carbonyl (C=O) groups excluding carboxylic acids is 1. The van der Waals surface area contributed by atoms with Gasteiger partial charge in [-0.1, -0.05) is 0 Å². The summed E-state index contributed by atoms with van der Waals surface area (Å²) < 4.78 is 9.68. The first-order valence-corrected chi connectivity index (χ1v) is 3.92. The van der Waals surface area contributed by atoms with Gasteiger partial charge in [-0.25, -0.2) is 4.79 Å². The van der Waals surface area contributed by atoms with Crippen molar-refractivity contribution in [3.8, 4) is 0 Å². The van der Waals surface area contributed by atoms with E-state index in [0.29, 0.717) is 6.61 Å². The second-order valence-electron chi connectivity index (χ2n) is 2.84. The van der Waals surface area contributed by atoms with Crippen LogP contribution in [-0.2, 0) is 14.3 Å². The van der Waals surface area contributed by atoms with Crippen LogP contribution >= 0.6 is 0 Å². The first-order chi connectivity index (χ1) is 5.57. The van der Waals surface area contributed by atoms with Gasteiger partial charge in [0.25, 0.3) is 0 Å². The number of hydrogen-bond acceptors (Lipinski definition) is 4. The highest BCUT2D eigenvalue weighted by Gasteiger charge is 2.12. The summed E-state index contributed by atoms with van der Waals surface area (Å²) in [5, 5.41) is 0. The summed E-state index contributed by atoms with van der Waals surface area (Å²) in [5.74, 6) is -0.325. The molecule has 0 aliphatic rings. The number of hydrogen-bond donors (Lipinski definition) is 0. The number of likely N-dealkylation sites (N-methyl/N-ethyl adjacent to an activating group) is 1. The summed E-state index contributed by atoms with van der Waals surface area (Å²) in [4.78, 5) is 12.8. The molecule has 0 aromatic heterocycles. The van der Waals surface area contributed by atoms with E-state index in [1.807, 2.05) is 19.0 Å². The third-order valence-corrected chi connectivity index (χ3v) is 1.44. The van der Waals surface area contributed by atoms with Gasteiger partial charge in [0.05, 0.1) is 13.7 Å². The lowest BCUT2D eigenvalue weighted by molar-refractivity contribution is -0.153. The Labute approximate surface area is 73.4 Å². The quantitative estimate of drug-likeness (QED) is 0.557. The molecule has 0 aromatic carbocycles. The molecule has 0 fully saturated rings. The van der Waals surface area contributed by atoms with E-state index in [2.05, 4.69) is 4.74 Å². The van der Waals surface area contributed by atoms with Gasteiger partial charge in [-0.15, -0.1) is 0 Å². The van der Waals surface area contributed by atoms with Gasteiger partial charge >= 0.3 is 5.97 Å². The molecule has 0 rings (SSSR count). The topological polar surface area (TPSA) is 38.8 Å². The van der Waals surface area contributed by atoms with Crippen molar-refractivity contribution >= 4 is 5.97 Å². The van der Waals surface area contributed by atoms with E-state index in [-0.39, 0.29) is 5.97 Å². The molecule has 4 nitrogen and oxygen atoms in total. The summed E-state index contributed by atoms with van der Waals surface area (Å²) in [7, 11) is 5.26. The highest BCUT2D eigenvalue weighted by molar-refractivity contribution is 5.73. The van der Waals surface area contributed by atoms with Crippen LogP contribution in [-0.4, -0.2) is 51.3 Å². The maximum atomic E-state index is 10.8. The maximum Gasteiger partial charge on any atom is 0.334 e. The van der Waals surface area contributed by atoms with Crippen LogP contribution in [0.15, 0.2) is 0 Å². The summed E-state index contributed by atoms with van der Waals surface area (Å²) in [6, 6.07) is 0. The Morgan fingerprint density at radius 3 is 2.50 bits per heavy atom. The highest BCUT2D eigenvalue weighted by Crippen LogP contribution is 1.93. The number of carbonyl (C=O) groups is 1. The third kappa shape index (κ3) is 5.09. The van der Waals surface area contributed by atoms with Crippen LogP contribution in [0.25, 0.3) is 0 Å². The standard InChI is InChI=1S/C8H17NO3/c1-7(8(10)11-4)12-6-5-9(2)3/h7H,5-6H2,1-4H3. The van der Waals surface area contributed by atoms with Crippen molar-refractivity contribution in [1.82, 2.24) is 4.90 Å². The van der Waals surface area contributed by atoms with Gasteiger partial charge in [0, 0.05) is 6.54 Å². The van der Waals surface area contributed by atoms with Gasteiger partial charge in [0.2, 0.25) is 0 Å². The zero-order valence-corrected chi connectivity index (χ0v) is 8.16. The Hall–Kier alpha value is -0.610. The van der Waals surface area contributed by atoms with Crippen molar-refractivity contribution in [2.75, 3.05) is 34.4 Å². The van der Waals surface area contributed by atoms with Gasteiger partial charge in [0.15, 0.2) is 6.10 Å². The van der Waals surface area contributed by atoms with Crippen molar-refractivity contribution < 1.29 is 14.3 Å². The van der Waals surface area contributed by atoms with Gasteiger partial charge in [-0.05, 0) is 21.0 Å². The lowest BCUT2D eigenvalue weighted by Crippen LogP contribution is -2.26. The molecule has 0 N–H and O–H groups in total. The van der Waals surface area contributed by atoms with Crippen LogP contribution in [0.2, 0.25) is 0 Å². The van der Waals surface area contributed by atoms with E-state index in [4.69, 9.17) is 4.74 Å². The Kier molecular flexibility index (Phi) is 5.66. The molecule has 0 radical (unpaired) electrons. The Morgan fingerprint density at radius 1 is 1.50 bits per heavy atom. The fourth-order valence-corrected chi connectivity index (χ4v) is 0.646. The van der Waals surface area contributed by atoms with Crippen LogP contribution in [0.3, 0.4) is 0 Å². The molecule has 72 valence electrons. The van der Waals surface area contributed by atoms with Crippen molar-refractivity contribution in [3.63, 3.8) is 0 Å². The van der Waals surface area contributed by atoms with Crippen molar-refractivity contribution in [2.45, 2.75) is 13.0 Å². The molecule has 0 aliphatic carbocycles. The predicted molar refractivity (Wildman–Crippen MR) is 46.0 cm³/mol. The number of ether oxygens (including phenoxy) is 2. The summed E-state index contributed by atoms with van der Waals surface area (Å²) in [6.45, 7) is 3.03.